The van der Waals surface area contributed by atoms with E-state index >= 15 is 0 Å². The number of carbonyl (C=O) groups is 1. The molecule has 0 amide bonds. The van der Waals surface area contributed by atoms with Gasteiger partial charge in [0, 0.05) is 5.57 Å². The first kappa shape index (κ1) is 14.7. The molecule has 0 aromatic heterocycles. The zero-order chi connectivity index (χ0) is 13.5. The van der Waals surface area contributed by atoms with E-state index in [1.54, 1.807) is 6.92 Å². The lowest BCUT2D eigenvalue weighted by Gasteiger charge is -2.20. The predicted octanol–water partition coefficient (Wildman–Crippen LogP) is 2.85. The summed E-state index contributed by atoms with van der Waals surface area (Å²) < 4.78 is 11.1. The third-order valence-electron chi connectivity index (χ3n) is 2.32. The first-order chi connectivity index (χ1) is 8.50. The molecular weight excluding hydrogens is 244 g/mol. The Balaban J connectivity index is 2.68. The van der Waals surface area contributed by atoms with Crippen molar-refractivity contribution in [1.82, 2.24) is 0 Å². The van der Waals surface area contributed by atoms with E-state index in [9.17, 15) is 4.79 Å². The number of esters is 1. The molecule has 98 valence electrons. The van der Waals surface area contributed by atoms with Crippen LogP contribution in [0.4, 0.5) is 0 Å². The molecule has 0 saturated heterocycles. The van der Waals surface area contributed by atoms with Gasteiger partial charge in [-0.2, -0.15) is 0 Å². The maximum atomic E-state index is 11.4. The van der Waals surface area contributed by atoms with Crippen LogP contribution in [0.5, 0.6) is 0 Å². The molecule has 0 aliphatic rings. The van der Waals surface area contributed by atoms with Gasteiger partial charge in [0.1, 0.15) is 12.7 Å². The molecule has 0 heterocycles. The normalized spacial score (nSPS) is 12.2. The van der Waals surface area contributed by atoms with Crippen molar-refractivity contribution in [2.24, 2.45) is 0 Å². The van der Waals surface area contributed by atoms with E-state index in [1.165, 1.54) is 0 Å². The second-order valence-electron chi connectivity index (χ2n) is 4.46. The van der Waals surface area contributed by atoms with Crippen LogP contribution in [0, 0.1) is 0 Å². The Kier molecular flexibility index (Phi) is 5.81. The molecule has 4 heteroatoms. The molecule has 1 aromatic rings. The predicted molar refractivity (Wildman–Crippen MR) is 74.9 cm³/mol. The van der Waals surface area contributed by atoms with Gasteiger partial charge < -0.3 is 9.16 Å². The lowest BCUT2D eigenvalue weighted by atomic mass is 10.1. The Morgan fingerprint density at radius 1 is 1.33 bits per heavy atom. The molecule has 0 fully saturated rings. The summed E-state index contributed by atoms with van der Waals surface area (Å²) in [7, 11) is -1.20. The van der Waals surface area contributed by atoms with Crippen molar-refractivity contribution in [3.63, 3.8) is 0 Å². The maximum Gasteiger partial charge on any atom is 0.333 e. The van der Waals surface area contributed by atoms with E-state index in [-0.39, 0.29) is 18.7 Å². The molecule has 0 bridgehead atoms. The van der Waals surface area contributed by atoms with Crippen molar-refractivity contribution in [3.05, 3.63) is 48.0 Å². The molecule has 0 saturated carbocycles. The summed E-state index contributed by atoms with van der Waals surface area (Å²) in [4.78, 5) is 11.4. The largest absolute Gasteiger partial charge is 0.459 e. The zero-order valence-electron chi connectivity index (χ0n) is 11.2. The summed E-state index contributed by atoms with van der Waals surface area (Å²) in [5, 5.41) is 0. The lowest BCUT2D eigenvalue weighted by Crippen LogP contribution is -2.20. The Morgan fingerprint density at radius 3 is 2.44 bits per heavy atom. The zero-order valence-corrected chi connectivity index (χ0v) is 12.3. The van der Waals surface area contributed by atoms with Gasteiger partial charge >= 0.3 is 5.97 Å². The van der Waals surface area contributed by atoms with E-state index in [4.69, 9.17) is 9.16 Å². The van der Waals surface area contributed by atoms with Crippen LogP contribution in [0.15, 0.2) is 42.5 Å². The highest BCUT2D eigenvalue weighted by molar-refractivity contribution is 6.48. The van der Waals surface area contributed by atoms with Crippen LogP contribution in [0.25, 0.3) is 0 Å². The summed E-state index contributed by atoms with van der Waals surface area (Å²) >= 11 is 0. The van der Waals surface area contributed by atoms with Gasteiger partial charge in [-0.15, -0.1) is 0 Å². The van der Waals surface area contributed by atoms with Crippen LogP contribution in [0.3, 0.4) is 0 Å². The fraction of sp³-hybridized carbons (Fsp3) is 0.357. The van der Waals surface area contributed by atoms with Gasteiger partial charge in [-0.3, -0.25) is 0 Å². The number of ether oxygens (including phenoxy) is 1. The summed E-state index contributed by atoms with van der Waals surface area (Å²) in [6, 6.07) is 9.82. The Labute approximate surface area is 110 Å². The molecule has 1 unspecified atom stereocenters. The summed E-state index contributed by atoms with van der Waals surface area (Å²) in [6.07, 6.45) is -0.179. The minimum Gasteiger partial charge on any atom is -0.459 e. The topological polar surface area (TPSA) is 35.5 Å². The Hall–Kier alpha value is -1.39. The quantitative estimate of drug-likeness (QED) is 0.450. The van der Waals surface area contributed by atoms with Crippen LogP contribution < -0.4 is 0 Å². The van der Waals surface area contributed by atoms with Crippen LogP contribution in [-0.2, 0) is 14.0 Å². The number of benzene rings is 1. The molecule has 3 nitrogen and oxygen atoms in total. The van der Waals surface area contributed by atoms with Crippen molar-refractivity contribution < 1.29 is 14.0 Å². The van der Waals surface area contributed by atoms with Gasteiger partial charge in [-0.1, -0.05) is 36.9 Å². The van der Waals surface area contributed by atoms with Gasteiger partial charge in [0.15, 0.2) is 9.04 Å². The number of hydrogen-bond acceptors (Lipinski definition) is 3. The average Bonchev–Trinajstić information content (AvgIpc) is 2.34. The van der Waals surface area contributed by atoms with Gasteiger partial charge in [0.25, 0.3) is 0 Å². The Bertz CT molecular complexity index is 401. The second kappa shape index (κ2) is 7.13. The average molecular weight is 264 g/mol. The highest BCUT2D eigenvalue weighted by Crippen LogP contribution is 2.19. The minimum atomic E-state index is -1.20. The molecule has 18 heavy (non-hydrogen) atoms. The van der Waals surface area contributed by atoms with Gasteiger partial charge in [-0.25, -0.2) is 4.79 Å². The standard InChI is InChI=1S/C14H20O3Si/c1-11(2)14(15)16-10-13(17-18(3)4)12-8-6-5-7-9-12/h5-9,13,18H,1,10H2,2-4H3. The highest BCUT2D eigenvalue weighted by Gasteiger charge is 2.16. The molecule has 0 spiro atoms. The third-order valence-corrected chi connectivity index (χ3v) is 3.19. The van der Waals surface area contributed by atoms with Crippen molar-refractivity contribution in [1.29, 1.82) is 0 Å². The van der Waals surface area contributed by atoms with E-state index < -0.39 is 9.04 Å². The van der Waals surface area contributed by atoms with E-state index in [1.807, 2.05) is 30.3 Å². The lowest BCUT2D eigenvalue weighted by molar-refractivity contribution is -0.141. The molecule has 0 N–H and O–H groups in total. The van der Waals surface area contributed by atoms with Crippen molar-refractivity contribution >= 4 is 15.0 Å². The summed E-state index contributed by atoms with van der Waals surface area (Å²) in [5.41, 5.74) is 1.44. The fourth-order valence-corrected chi connectivity index (χ4v) is 2.38. The molecule has 1 rings (SSSR count). The van der Waals surface area contributed by atoms with Crippen LogP contribution >= 0.6 is 0 Å². The number of rotatable bonds is 6. The van der Waals surface area contributed by atoms with E-state index in [0.717, 1.165) is 5.56 Å². The second-order valence-corrected chi connectivity index (χ2v) is 6.83. The van der Waals surface area contributed by atoms with Gasteiger partial charge in [0.05, 0.1) is 0 Å². The van der Waals surface area contributed by atoms with Crippen LogP contribution in [0.2, 0.25) is 13.1 Å². The smallest absolute Gasteiger partial charge is 0.333 e. The number of hydrogen-bond donors (Lipinski definition) is 0. The maximum absolute atomic E-state index is 11.4. The molecular formula is C14H20O3Si. The third kappa shape index (κ3) is 4.85. The van der Waals surface area contributed by atoms with E-state index in [0.29, 0.717) is 5.57 Å². The number of carbonyl (C=O) groups excluding carboxylic acids is 1. The van der Waals surface area contributed by atoms with Gasteiger partial charge in [0.2, 0.25) is 0 Å². The summed E-state index contributed by atoms with van der Waals surface area (Å²) in [5.74, 6) is -0.370. The highest BCUT2D eigenvalue weighted by atomic mass is 28.3. The fourth-order valence-electron chi connectivity index (χ4n) is 1.48. The molecule has 0 aliphatic carbocycles. The van der Waals surface area contributed by atoms with Crippen LogP contribution in [0.1, 0.15) is 18.6 Å². The van der Waals surface area contributed by atoms with E-state index in [2.05, 4.69) is 19.7 Å². The molecule has 1 atom stereocenters. The Morgan fingerprint density at radius 2 is 1.94 bits per heavy atom. The monoisotopic (exact) mass is 264 g/mol. The van der Waals surface area contributed by atoms with Crippen LogP contribution in [-0.4, -0.2) is 21.6 Å². The van der Waals surface area contributed by atoms with Crippen molar-refractivity contribution in [2.75, 3.05) is 6.61 Å². The van der Waals surface area contributed by atoms with Crippen molar-refractivity contribution in [3.8, 4) is 0 Å². The first-order valence-electron chi connectivity index (χ1n) is 6.03. The molecule has 0 aliphatic heterocycles. The minimum absolute atomic E-state index is 0.179. The molecule has 1 aromatic carbocycles. The molecule has 0 radical (unpaired) electrons. The SMILES string of the molecule is C=C(C)C(=O)OCC(O[SiH](C)C)c1ccccc1. The first-order valence-corrected chi connectivity index (χ1v) is 8.81. The van der Waals surface area contributed by atoms with Crippen molar-refractivity contribution in [2.45, 2.75) is 26.1 Å². The summed E-state index contributed by atoms with van der Waals surface area (Å²) in [6.45, 7) is 9.62. The van der Waals surface area contributed by atoms with Gasteiger partial charge in [-0.05, 0) is 25.6 Å².